The molecule has 0 bridgehead atoms. The van der Waals surface area contributed by atoms with Gasteiger partial charge in [-0.3, -0.25) is 24.7 Å². The Hall–Kier alpha value is -3.95. The summed E-state index contributed by atoms with van der Waals surface area (Å²) in [6.07, 6.45) is 1.73. The first kappa shape index (κ1) is 25.2. The lowest BCUT2D eigenvalue weighted by Crippen LogP contribution is -2.45. The molecule has 0 atom stereocenters. The van der Waals surface area contributed by atoms with Gasteiger partial charge in [0, 0.05) is 36.0 Å². The first-order chi connectivity index (χ1) is 17.4. The molecular weight excluding hydrogens is 460 g/mol. The maximum absolute atomic E-state index is 12.6. The minimum absolute atomic E-state index is 0.0261. The van der Waals surface area contributed by atoms with Crippen molar-refractivity contribution < 1.29 is 19.6 Å². The Bertz CT molecular complexity index is 1180. The van der Waals surface area contributed by atoms with E-state index in [1.54, 1.807) is 0 Å². The number of anilines is 1. The summed E-state index contributed by atoms with van der Waals surface area (Å²) in [6.45, 7) is 2.29. The van der Waals surface area contributed by atoms with Crippen LogP contribution in [0.1, 0.15) is 18.4 Å². The van der Waals surface area contributed by atoms with Gasteiger partial charge in [0.1, 0.15) is 17.2 Å². The second-order valence-corrected chi connectivity index (χ2v) is 8.98. The van der Waals surface area contributed by atoms with Crippen LogP contribution in [-0.2, 0) is 11.3 Å². The molecule has 3 aromatic rings. The second-order valence-electron chi connectivity index (χ2n) is 8.98. The Kier molecular flexibility index (Phi) is 8.14. The van der Waals surface area contributed by atoms with Crippen molar-refractivity contribution in [3.05, 3.63) is 88.5 Å². The summed E-state index contributed by atoms with van der Waals surface area (Å²) in [5, 5.41) is 24.0. The number of nitrogens with one attached hydrogen (secondary N) is 1. The van der Waals surface area contributed by atoms with Crippen LogP contribution in [0.5, 0.6) is 17.2 Å². The number of phenols is 1. The highest BCUT2D eigenvalue weighted by molar-refractivity contribution is 5.92. The van der Waals surface area contributed by atoms with Crippen LogP contribution >= 0.6 is 0 Å². The number of likely N-dealkylation sites (tertiary alicyclic amines) is 1. The molecule has 0 saturated carbocycles. The van der Waals surface area contributed by atoms with Gasteiger partial charge in [0.2, 0.25) is 5.91 Å². The van der Waals surface area contributed by atoms with Crippen LogP contribution in [0.15, 0.2) is 72.8 Å². The van der Waals surface area contributed by atoms with E-state index in [-0.39, 0.29) is 29.9 Å². The summed E-state index contributed by atoms with van der Waals surface area (Å²) in [7, 11) is 1.95. The SMILES string of the molecule is CN(CC(=O)Nc1ccc(Oc2ccccc2)cc1)C1CCN(Cc2cc([N+](=O)[O-])ccc2O)CC1. The number of aromatic hydroxyl groups is 1. The number of hydrogen-bond acceptors (Lipinski definition) is 7. The van der Waals surface area contributed by atoms with E-state index in [4.69, 9.17) is 4.74 Å². The predicted molar refractivity (Wildman–Crippen MR) is 137 cm³/mol. The van der Waals surface area contributed by atoms with E-state index >= 15 is 0 Å². The molecular formula is C27H30N4O5. The first-order valence-corrected chi connectivity index (χ1v) is 11.9. The van der Waals surface area contributed by atoms with Crippen LogP contribution in [-0.4, -0.2) is 58.5 Å². The number of carbonyl (C=O) groups excluding carboxylic acids is 1. The zero-order chi connectivity index (χ0) is 25.5. The van der Waals surface area contributed by atoms with Crippen LogP contribution in [0.25, 0.3) is 0 Å². The summed E-state index contributed by atoms with van der Waals surface area (Å²) in [4.78, 5) is 27.4. The van der Waals surface area contributed by atoms with Gasteiger partial charge in [-0.05, 0) is 75.4 Å². The molecule has 1 saturated heterocycles. The first-order valence-electron chi connectivity index (χ1n) is 11.9. The number of rotatable bonds is 9. The number of nitro groups is 1. The van der Waals surface area contributed by atoms with Gasteiger partial charge in [-0.15, -0.1) is 0 Å². The van der Waals surface area contributed by atoms with Crippen LogP contribution in [0.2, 0.25) is 0 Å². The fourth-order valence-corrected chi connectivity index (χ4v) is 4.36. The lowest BCUT2D eigenvalue weighted by Gasteiger charge is -2.36. The van der Waals surface area contributed by atoms with Gasteiger partial charge in [0.25, 0.3) is 5.69 Å². The van der Waals surface area contributed by atoms with Crippen molar-refractivity contribution in [2.24, 2.45) is 0 Å². The Balaban J connectivity index is 1.22. The van der Waals surface area contributed by atoms with E-state index in [2.05, 4.69) is 15.1 Å². The number of nitro benzene ring substituents is 1. The number of ether oxygens (including phenoxy) is 1. The maximum Gasteiger partial charge on any atom is 0.270 e. The number of likely N-dealkylation sites (N-methyl/N-ethyl adjacent to an activating group) is 1. The molecule has 0 radical (unpaired) electrons. The number of phenolic OH excluding ortho intramolecular Hbond substituents is 1. The van der Waals surface area contributed by atoms with E-state index in [1.807, 2.05) is 61.6 Å². The maximum atomic E-state index is 12.6. The quantitative estimate of drug-likeness (QED) is 0.333. The number of para-hydroxylation sites is 1. The third-order valence-electron chi connectivity index (χ3n) is 6.36. The number of nitrogens with zero attached hydrogens (tertiary/aromatic N) is 3. The van der Waals surface area contributed by atoms with Crippen LogP contribution < -0.4 is 10.1 Å². The molecule has 1 amide bonds. The average molecular weight is 491 g/mol. The summed E-state index contributed by atoms with van der Waals surface area (Å²) < 4.78 is 5.78. The highest BCUT2D eigenvalue weighted by Crippen LogP contribution is 2.26. The average Bonchev–Trinajstić information content (AvgIpc) is 2.87. The number of amides is 1. The molecule has 4 rings (SSSR count). The topological polar surface area (TPSA) is 108 Å². The molecule has 1 fully saturated rings. The van der Waals surface area contributed by atoms with Crippen molar-refractivity contribution in [2.45, 2.75) is 25.4 Å². The van der Waals surface area contributed by atoms with E-state index in [0.29, 0.717) is 23.5 Å². The zero-order valence-corrected chi connectivity index (χ0v) is 20.2. The molecule has 9 nitrogen and oxygen atoms in total. The highest BCUT2D eigenvalue weighted by Gasteiger charge is 2.24. The molecule has 0 spiro atoms. The Morgan fingerprint density at radius 2 is 1.75 bits per heavy atom. The van der Waals surface area contributed by atoms with E-state index in [1.165, 1.54) is 18.2 Å². The van der Waals surface area contributed by atoms with Crippen LogP contribution in [0.3, 0.4) is 0 Å². The van der Waals surface area contributed by atoms with Gasteiger partial charge < -0.3 is 15.2 Å². The van der Waals surface area contributed by atoms with Crippen LogP contribution in [0.4, 0.5) is 11.4 Å². The zero-order valence-electron chi connectivity index (χ0n) is 20.2. The highest BCUT2D eigenvalue weighted by atomic mass is 16.6. The monoisotopic (exact) mass is 490 g/mol. The van der Waals surface area contributed by atoms with Gasteiger partial charge in [0.05, 0.1) is 11.5 Å². The Morgan fingerprint density at radius 1 is 1.08 bits per heavy atom. The normalized spacial score (nSPS) is 14.5. The number of piperidine rings is 1. The number of benzene rings is 3. The Labute approximate surface area is 210 Å². The molecule has 36 heavy (non-hydrogen) atoms. The number of non-ortho nitro benzene ring substituents is 1. The fourth-order valence-electron chi connectivity index (χ4n) is 4.36. The van der Waals surface area contributed by atoms with Crippen molar-refractivity contribution >= 4 is 17.3 Å². The molecule has 0 aromatic heterocycles. The number of hydrogen-bond donors (Lipinski definition) is 2. The molecule has 0 unspecified atom stereocenters. The molecule has 1 heterocycles. The standard InChI is InChI=1S/C27H30N4O5/c1-29(19-27(33)28-21-7-10-25(11-8-21)36-24-5-3-2-4-6-24)22-13-15-30(16-14-22)18-20-17-23(31(34)35)9-12-26(20)32/h2-12,17,22,32H,13-16,18-19H2,1H3,(H,28,33). The second kappa shape index (κ2) is 11.7. The molecule has 2 N–H and O–H groups in total. The van der Waals surface area contributed by atoms with Gasteiger partial charge in [-0.1, -0.05) is 18.2 Å². The minimum atomic E-state index is -0.456. The number of carbonyl (C=O) groups is 1. The van der Waals surface area contributed by atoms with Gasteiger partial charge in [0.15, 0.2) is 0 Å². The lowest BCUT2D eigenvalue weighted by molar-refractivity contribution is -0.385. The molecule has 1 aliphatic heterocycles. The van der Waals surface area contributed by atoms with Crippen LogP contribution in [0, 0.1) is 10.1 Å². The van der Waals surface area contributed by atoms with Crippen molar-refractivity contribution in [1.82, 2.24) is 9.80 Å². The summed E-state index contributed by atoms with van der Waals surface area (Å²) in [5.41, 5.74) is 1.23. The van der Waals surface area contributed by atoms with Gasteiger partial charge >= 0.3 is 0 Å². The third kappa shape index (κ3) is 6.80. The molecule has 9 heteroatoms. The minimum Gasteiger partial charge on any atom is -0.508 e. The van der Waals surface area contributed by atoms with Gasteiger partial charge in [-0.25, -0.2) is 0 Å². The summed E-state index contributed by atoms with van der Waals surface area (Å²) >= 11 is 0. The van der Waals surface area contributed by atoms with Gasteiger partial charge in [-0.2, -0.15) is 0 Å². The molecule has 188 valence electrons. The van der Waals surface area contributed by atoms with Crippen molar-refractivity contribution in [3.8, 4) is 17.2 Å². The molecule has 0 aliphatic carbocycles. The molecule has 1 aliphatic rings. The smallest absolute Gasteiger partial charge is 0.270 e. The van der Waals surface area contributed by atoms with Crippen molar-refractivity contribution in [3.63, 3.8) is 0 Å². The van der Waals surface area contributed by atoms with Crippen molar-refractivity contribution in [2.75, 3.05) is 32.0 Å². The predicted octanol–water partition coefficient (Wildman–Crippen LogP) is 4.63. The van der Waals surface area contributed by atoms with Crippen molar-refractivity contribution in [1.29, 1.82) is 0 Å². The molecule has 3 aromatic carbocycles. The Morgan fingerprint density at radius 3 is 2.42 bits per heavy atom. The van der Waals surface area contributed by atoms with E-state index in [0.717, 1.165) is 31.7 Å². The summed E-state index contributed by atoms with van der Waals surface area (Å²) in [5.74, 6) is 1.43. The van der Waals surface area contributed by atoms with E-state index in [9.17, 15) is 20.0 Å². The lowest BCUT2D eigenvalue weighted by atomic mass is 10.0. The van der Waals surface area contributed by atoms with E-state index < -0.39 is 4.92 Å². The fraction of sp³-hybridized carbons (Fsp3) is 0.296. The largest absolute Gasteiger partial charge is 0.508 e. The third-order valence-corrected chi connectivity index (χ3v) is 6.36. The summed E-state index contributed by atoms with van der Waals surface area (Å²) in [6, 6.07) is 21.1.